The number of hydrogen-bond donors (Lipinski definition) is 2. The molecular formula is C15H11F3N6O. The monoisotopic (exact) mass is 348 g/mol. The number of nitrogens with zero attached hydrogens (tertiary/aromatic N) is 4. The highest BCUT2D eigenvalue weighted by atomic mass is 19.4. The van der Waals surface area contributed by atoms with Crippen LogP contribution in [-0.4, -0.2) is 14.8 Å². The van der Waals surface area contributed by atoms with Crippen molar-refractivity contribution in [1.82, 2.24) is 14.8 Å². The number of nitrogen functional groups attached to an aromatic ring is 2. The lowest BCUT2D eigenvalue weighted by Gasteiger charge is -2.09. The molecule has 3 aromatic rings. The summed E-state index contributed by atoms with van der Waals surface area (Å²) in [5.74, 6) is -0.173. The fraction of sp³-hybridized carbons (Fsp3) is 0.133. The Morgan fingerprint density at radius 3 is 2.60 bits per heavy atom. The number of nitriles is 1. The van der Waals surface area contributed by atoms with Gasteiger partial charge >= 0.3 is 6.18 Å². The number of aromatic nitrogens is 3. The van der Waals surface area contributed by atoms with Crippen LogP contribution < -0.4 is 11.5 Å². The highest BCUT2D eigenvalue weighted by molar-refractivity contribution is 5.62. The number of halogens is 3. The molecule has 0 atom stereocenters. The Kier molecular flexibility index (Phi) is 3.84. The lowest BCUT2D eigenvalue weighted by Crippen LogP contribution is -2.08. The molecule has 4 N–H and O–H groups in total. The van der Waals surface area contributed by atoms with Gasteiger partial charge in [0.05, 0.1) is 12.1 Å². The highest BCUT2D eigenvalue weighted by Gasteiger charge is 2.34. The summed E-state index contributed by atoms with van der Waals surface area (Å²) in [6, 6.07) is 6.78. The van der Waals surface area contributed by atoms with Gasteiger partial charge in [-0.05, 0) is 12.1 Å². The summed E-state index contributed by atoms with van der Waals surface area (Å²) >= 11 is 0. The van der Waals surface area contributed by atoms with E-state index in [1.54, 1.807) is 0 Å². The second-order valence-corrected chi connectivity index (χ2v) is 5.10. The van der Waals surface area contributed by atoms with Crippen LogP contribution in [0.4, 0.5) is 24.8 Å². The van der Waals surface area contributed by atoms with Gasteiger partial charge in [0, 0.05) is 5.56 Å². The molecule has 2 aromatic heterocycles. The zero-order chi connectivity index (χ0) is 18.2. The van der Waals surface area contributed by atoms with Crippen LogP contribution in [0.3, 0.4) is 0 Å². The molecule has 7 nitrogen and oxygen atoms in total. The third-order valence-electron chi connectivity index (χ3n) is 3.46. The standard InChI is InChI=1S/C15H11F3N6O/c16-15(17,18)11-4-2-1-3-9(11)14-22-8(7-25-14)6-24-13(21)10(5-19)12(20)23-24/h1-4,7H,6,21H2,(H2,20,23). The fourth-order valence-corrected chi connectivity index (χ4v) is 2.30. The Morgan fingerprint density at radius 1 is 1.24 bits per heavy atom. The number of rotatable bonds is 3. The Bertz CT molecular complexity index is 967. The van der Waals surface area contributed by atoms with E-state index in [9.17, 15) is 13.2 Å². The average molecular weight is 348 g/mol. The van der Waals surface area contributed by atoms with E-state index in [2.05, 4.69) is 10.1 Å². The first kappa shape index (κ1) is 16.4. The zero-order valence-electron chi connectivity index (χ0n) is 12.6. The lowest BCUT2D eigenvalue weighted by molar-refractivity contribution is -0.137. The minimum atomic E-state index is -4.53. The van der Waals surface area contributed by atoms with Crippen molar-refractivity contribution in [2.75, 3.05) is 11.5 Å². The zero-order valence-corrected chi connectivity index (χ0v) is 12.6. The van der Waals surface area contributed by atoms with Gasteiger partial charge in [-0.25, -0.2) is 9.67 Å². The molecule has 128 valence electrons. The van der Waals surface area contributed by atoms with Crippen molar-refractivity contribution in [3.05, 3.63) is 47.3 Å². The molecule has 0 spiro atoms. The SMILES string of the molecule is N#Cc1c(N)nn(Cc2coc(-c3ccccc3C(F)(F)F)n2)c1N. The molecule has 0 bridgehead atoms. The van der Waals surface area contributed by atoms with E-state index in [4.69, 9.17) is 21.1 Å². The molecule has 10 heteroatoms. The van der Waals surface area contributed by atoms with Gasteiger partial charge < -0.3 is 15.9 Å². The van der Waals surface area contributed by atoms with Gasteiger partial charge in [0.2, 0.25) is 5.89 Å². The van der Waals surface area contributed by atoms with Crippen LogP contribution >= 0.6 is 0 Å². The largest absolute Gasteiger partial charge is 0.444 e. The van der Waals surface area contributed by atoms with Crippen molar-refractivity contribution in [1.29, 1.82) is 5.26 Å². The molecule has 0 fully saturated rings. The van der Waals surface area contributed by atoms with Crippen molar-refractivity contribution in [3.8, 4) is 17.5 Å². The normalized spacial score (nSPS) is 11.4. The third-order valence-corrected chi connectivity index (χ3v) is 3.46. The molecule has 2 heterocycles. The molecule has 0 aliphatic rings. The Balaban J connectivity index is 1.94. The van der Waals surface area contributed by atoms with Crippen LogP contribution in [0.5, 0.6) is 0 Å². The summed E-state index contributed by atoms with van der Waals surface area (Å²) in [6.45, 7) is -0.00457. The van der Waals surface area contributed by atoms with Crippen LogP contribution in [0.25, 0.3) is 11.5 Å². The van der Waals surface area contributed by atoms with E-state index in [1.165, 1.54) is 29.1 Å². The summed E-state index contributed by atoms with van der Waals surface area (Å²) < 4.78 is 45.6. The Morgan fingerprint density at radius 2 is 1.96 bits per heavy atom. The van der Waals surface area contributed by atoms with Gasteiger partial charge in [-0.1, -0.05) is 12.1 Å². The second kappa shape index (κ2) is 5.86. The van der Waals surface area contributed by atoms with Crippen LogP contribution in [0.2, 0.25) is 0 Å². The van der Waals surface area contributed by atoms with Crippen LogP contribution in [0, 0.1) is 11.3 Å². The molecule has 0 aliphatic carbocycles. The van der Waals surface area contributed by atoms with Gasteiger partial charge in [0.15, 0.2) is 5.82 Å². The van der Waals surface area contributed by atoms with E-state index in [1.807, 2.05) is 6.07 Å². The van der Waals surface area contributed by atoms with E-state index >= 15 is 0 Å². The number of hydrogen-bond acceptors (Lipinski definition) is 6. The molecule has 3 rings (SSSR count). The predicted molar refractivity (Wildman–Crippen MR) is 81.8 cm³/mol. The maximum atomic E-state index is 13.1. The number of anilines is 2. The van der Waals surface area contributed by atoms with E-state index < -0.39 is 11.7 Å². The molecule has 0 saturated carbocycles. The molecule has 0 radical (unpaired) electrons. The minimum absolute atomic E-state index is 0.00457. The first-order valence-electron chi connectivity index (χ1n) is 6.94. The first-order chi connectivity index (χ1) is 11.8. The topological polar surface area (TPSA) is 120 Å². The highest BCUT2D eigenvalue weighted by Crippen LogP contribution is 2.36. The van der Waals surface area contributed by atoms with Gasteiger partial charge in [-0.2, -0.15) is 23.5 Å². The Labute approximate surface area is 139 Å². The molecule has 25 heavy (non-hydrogen) atoms. The van der Waals surface area contributed by atoms with Crippen molar-refractivity contribution >= 4 is 11.6 Å². The van der Waals surface area contributed by atoms with Gasteiger partial charge in [-0.15, -0.1) is 0 Å². The molecule has 1 aromatic carbocycles. The second-order valence-electron chi connectivity index (χ2n) is 5.10. The third kappa shape index (κ3) is 2.99. The summed E-state index contributed by atoms with van der Waals surface area (Å²) in [5, 5.41) is 12.8. The first-order valence-corrected chi connectivity index (χ1v) is 6.94. The van der Waals surface area contributed by atoms with Crippen molar-refractivity contribution in [2.45, 2.75) is 12.7 Å². The molecular weight excluding hydrogens is 337 g/mol. The Hall–Kier alpha value is -3.48. The maximum Gasteiger partial charge on any atom is 0.417 e. The summed E-state index contributed by atoms with van der Waals surface area (Å²) in [5.41, 5.74) is 10.6. The van der Waals surface area contributed by atoms with Crippen LogP contribution in [-0.2, 0) is 12.7 Å². The lowest BCUT2D eigenvalue weighted by atomic mass is 10.1. The number of benzene rings is 1. The average Bonchev–Trinajstić information content (AvgIpc) is 3.12. The van der Waals surface area contributed by atoms with E-state index in [-0.39, 0.29) is 40.9 Å². The fourth-order valence-electron chi connectivity index (χ4n) is 2.30. The summed E-state index contributed by atoms with van der Waals surface area (Å²) in [4.78, 5) is 4.05. The van der Waals surface area contributed by atoms with Crippen LogP contribution in [0.15, 0.2) is 34.9 Å². The number of oxazole rings is 1. The molecule has 0 aliphatic heterocycles. The van der Waals surface area contributed by atoms with Gasteiger partial charge in [0.1, 0.15) is 29.4 Å². The molecule has 0 saturated heterocycles. The summed E-state index contributed by atoms with van der Waals surface area (Å²) in [7, 11) is 0. The number of nitrogens with two attached hydrogens (primary N) is 2. The molecule has 0 unspecified atom stereocenters. The minimum Gasteiger partial charge on any atom is -0.444 e. The van der Waals surface area contributed by atoms with Gasteiger partial charge in [-0.3, -0.25) is 0 Å². The van der Waals surface area contributed by atoms with E-state index in [0.717, 1.165) is 6.07 Å². The molecule has 0 amide bonds. The van der Waals surface area contributed by atoms with Crippen molar-refractivity contribution in [2.24, 2.45) is 0 Å². The quantitative estimate of drug-likeness (QED) is 0.751. The van der Waals surface area contributed by atoms with E-state index in [0.29, 0.717) is 0 Å². The van der Waals surface area contributed by atoms with Gasteiger partial charge in [0.25, 0.3) is 0 Å². The maximum absolute atomic E-state index is 13.1. The van der Waals surface area contributed by atoms with Crippen molar-refractivity contribution < 1.29 is 17.6 Å². The van der Waals surface area contributed by atoms with Crippen molar-refractivity contribution in [3.63, 3.8) is 0 Å². The smallest absolute Gasteiger partial charge is 0.417 e. The predicted octanol–water partition coefficient (Wildman–Crippen LogP) is 2.64. The number of alkyl halides is 3. The summed E-state index contributed by atoms with van der Waals surface area (Å²) in [6.07, 6.45) is -3.33. The van der Waals surface area contributed by atoms with Crippen LogP contribution in [0.1, 0.15) is 16.8 Å².